The SMILES string of the molecule is COC(=O)CCN1CCC[C@@H]1COc1ccc(-n2nc3ccccc3c2Cl)cc1. The number of esters is 1. The Hall–Kier alpha value is -2.57. The molecule has 4 rings (SSSR count). The van der Waals surface area contributed by atoms with E-state index in [0.717, 1.165) is 41.7 Å². The topological polar surface area (TPSA) is 56.6 Å². The van der Waals surface area contributed by atoms with Crippen molar-refractivity contribution >= 4 is 28.5 Å². The molecule has 1 aliphatic heterocycles. The Balaban J connectivity index is 1.38. The van der Waals surface area contributed by atoms with Crippen LogP contribution in [0.1, 0.15) is 19.3 Å². The zero-order valence-corrected chi connectivity index (χ0v) is 17.1. The molecule has 0 saturated carbocycles. The van der Waals surface area contributed by atoms with Gasteiger partial charge in [0.15, 0.2) is 0 Å². The summed E-state index contributed by atoms with van der Waals surface area (Å²) in [5.74, 6) is 0.638. The molecule has 1 aromatic heterocycles. The van der Waals surface area contributed by atoms with Gasteiger partial charge in [0.05, 0.1) is 24.7 Å². The highest BCUT2D eigenvalue weighted by molar-refractivity contribution is 6.34. The number of carbonyl (C=O) groups excluding carboxylic acids is 1. The maximum atomic E-state index is 11.4. The summed E-state index contributed by atoms with van der Waals surface area (Å²) in [5.41, 5.74) is 1.75. The third-order valence-corrected chi connectivity index (χ3v) is 5.74. The van der Waals surface area contributed by atoms with Crippen LogP contribution in [-0.4, -0.2) is 53.5 Å². The lowest BCUT2D eigenvalue weighted by Crippen LogP contribution is -2.35. The summed E-state index contributed by atoms with van der Waals surface area (Å²) in [4.78, 5) is 13.7. The summed E-state index contributed by atoms with van der Waals surface area (Å²) in [6.45, 7) is 2.31. The van der Waals surface area contributed by atoms with E-state index < -0.39 is 0 Å². The summed E-state index contributed by atoms with van der Waals surface area (Å²) in [5, 5.41) is 6.10. The van der Waals surface area contributed by atoms with Gasteiger partial charge in [-0.15, -0.1) is 0 Å². The number of halogens is 1. The van der Waals surface area contributed by atoms with Gasteiger partial charge in [-0.3, -0.25) is 9.69 Å². The van der Waals surface area contributed by atoms with Gasteiger partial charge in [-0.1, -0.05) is 23.7 Å². The number of aromatic nitrogens is 2. The molecule has 1 fully saturated rings. The fourth-order valence-electron chi connectivity index (χ4n) is 3.76. The van der Waals surface area contributed by atoms with Gasteiger partial charge in [-0.25, -0.2) is 4.68 Å². The maximum Gasteiger partial charge on any atom is 0.306 e. The minimum absolute atomic E-state index is 0.169. The molecule has 152 valence electrons. The second-order valence-corrected chi connectivity index (χ2v) is 7.54. The molecule has 2 heterocycles. The van der Waals surface area contributed by atoms with Crippen LogP contribution < -0.4 is 4.74 Å². The van der Waals surface area contributed by atoms with Gasteiger partial charge in [0.1, 0.15) is 17.5 Å². The van der Waals surface area contributed by atoms with Crippen molar-refractivity contribution in [1.82, 2.24) is 14.7 Å². The molecule has 0 amide bonds. The van der Waals surface area contributed by atoms with E-state index in [0.29, 0.717) is 30.8 Å². The zero-order chi connectivity index (χ0) is 20.2. The molecule has 2 aromatic carbocycles. The number of likely N-dealkylation sites (tertiary alicyclic amines) is 1. The van der Waals surface area contributed by atoms with Crippen molar-refractivity contribution in [3.8, 4) is 11.4 Å². The molecule has 0 aliphatic carbocycles. The lowest BCUT2D eigenvalue weighted by atomic mass is 10.2. The van der Waals surface area contributed by atoms with E-state index in [1.165, 1.54) is 7.11 Å². The third kappa shape index (κ3) is 4.38. The third-order valence-electron chi connectivity index (χ3n) is 5.37. The molecule has 0 unspecified atom stereocenters. The molecule has 6 nitrogen and oxygen atoms in total. The van der Waals surface area contributed by atoms with Crippen molar-refractivity contribution in [2.75, 3.05) is 26.8 Å². The average molecular weight is 414 g/mol. The largest absolute Gasteiger partial charge is 0.492 e. The predicted octanol–water partition coefficient (Wildman–Crippen LogP) is 4.09. The normalized spacial score (nSPS) is 17.0. The van der Waals surface area contributed by atoms with E-state index in [4.69, 9.17) is 21.1 Å². The highest BCUT2D eigenvalue weighted by atomic mass is 35.5. The summed E-state index contributed by atoms with van der Waals surface area (Å²) in [7, 11) is 1.43. The molecule has 0 N–H and O–H groups in total. The van der Waals surface area contributed by atoms with Crippen molar-refractivity contribution in [1.29, 1.82) is 0 Å². The minimum atomic E-state index is -0.169. The Morgan fingerprint density at radius 1 is 1.21 bits per heavy atom. The van der Waals surface area contributed by atoms with Gasteiger partial charge >= 0.3 is 5.97 Å². The van der Waals surface area contributed by atoms with E-state index in [9.17, 15) is 4.79 Å². The van der Waals surface area contributed by atoms with Crippen molar-refractivity contribution in [3.05, 3.63) is 53.7 Å². The zero-order valence-electron chi connectivity index (χ0n) is 16.4. The number of hydrogen-bond acceptors (Lipinski definition) is 5. The number of carbonyl (C=O) groups is 1. The van der Waals surface area contributed by atoms with Crippen LogP contribution >= 0.6 is 11.6 Å². The smallest absolute Gasteiger partial charge is 0.306 e. The molecule has 0 spiro atoms. The molecule has 0 radical (unpaired) electrons. The number of fused-ring (bicyclic) bond motifs is 1. The lowest BCUT2D eigenvalue weighted by molar-refractivity contribution is -0.141. The highest BCUT2D eigenvalue weighted by Gasteiger charge is 2.25. The number of rotatable bonds is 7. The summed E-state index contributed by atoms with van der Waals surface area (Å²) in [6.07, 6.45) is 2.62. The standard InChI is InChI=1S/C22H24ClN3O3/c1-28-21(27)12-14-25-13-4-5-17(25)15-29-18-10-8-16(9-11-18)26-22(23)19-6-2-3-7-20(19)24-26/h2-3,6-11,17H,4-5,12-15H2,1H3/t17-/m1/s1. The first-order chi connectivity index (χ1) is 14.2. The minimum Gasteiger partial charge on any atom is -0.492 e. The summed E-state index contributed by atoms with van der Waals surface area (Å²) in [6, 6.07) is 15.9. The van der Waals surface area contributed by atoms with E-state index in [-0.39, 0.29) is 5.97 Å². The van der Waals surface area contributed by atoms with Crippen LogP contribution in [0.3, 0.4) is 0 Å². The van der Waals surface area contributed by atoms with Gasteiger partial charge in [-0.05, 0) is 55.8 Å². The van der Waals surface area contributed by atoms with Crippen LogP contribution in [0.4, 0.5) is 0 Å². The molecule has 1 aliphatic rings. The molecular weight excluding hydrogens is 390 g/mol. The lowest BCUT2D eigenvalue weighted by Gasteiger charge is -2.24. The number of hydrogen-bond donors (Lipinski definition) is 0. The Morgan fingerprint density at radius 2 is 2.00 bits per heavy atom. The van der Waals surface area contributed by atoms with Crippen LogP contribution in [0.2, 0.25) is 5.15 Å². The second kappa shape index (κ2) is 8.84. The van der Waals surface area contributed by atoms with Crippen LogP contribution in [-0.2, 0) is 9.53 Å². The van der Waals surface area contributed by atoms with Crippen LogP contribution in [0.25, 0.3) is 16.6 Å². The number of ether oxygens (including phenoxy) is 2. The van der Waals surface area contributed by atoms with Crippen LogP contribution in [0.5, 0.6) is 5.75 Å². The summed E-state index contributed by atoms with van der Waals surface area (Å²) < 4.78 is 12.5. The molecule has 29 heavy (non-hydrogen) atoms. The first-order valence-corrected chi connectivity index (χ1v) is 10.2. The van der Waals surface area contributed by atoms with Gasteiger partial charge in [-0.2, -0.15) is 5.10 Å². The van der Waals surface area contributed by atoms with Crippen molar-refractivity contribution in [2.45, 2.75) is 25.3 Å². The number of benzene rings is 2. The number of nitrogens with zero attached hydrogens (tertiary/aromatic N) is 3. The van der Waals surface area contributed by atoms with Crippen LogP contribution in [0, 0.1) is 0 Å². The van der Waals surface area contributed by atoms with Crippen molar-refractivity contribution in [3.63, 3.8) is 0 Å². The highest BCUT2D eigenvalue weighted by Crippen LogP contribution is 2.27. The van der Waals surface area contributed by atoms with E-state index >= 15 is 0 Å². The first kappa shape index (κ1) is 19.7. The van der Waals surface area contributed by atoms with Gasteiger partial charge < -0.3 is 9.47 Å². The molecular formula is C22H24ClN3O3. The second-order valence-electron chi connectivity index (χ2n) is 7.18. The molecule has 1 saturated heterocycles. The maximum absolute atomic E-state index is 11.4. The Kier molecular flexibility index (Phi) is 6.02. The van der Waals surface area contributed by atoms with E-state index in [1.54, 1.807) is 4.68 Å². The van der Waals surface area contributed by atoms with Gasteiger partial charge in [0.25, 0.3) is 0 Å². The van der Waals surface area contributed by atoms with Crippen LogP contribution in [0.15, 0.2) is 48.5 Å². The first-order valence-electron chi connectivity index (χ1n) is 9.83. The van der Waals surface area contributed by atoms with Crippen molar-refractivity contribution in [2.24, 2.45) is 0 Å². The molecule has 3 aromatic rings. The predicted molar refractivity (Wildman–Crippen MR) is 113 cm³/mol. The van der Waals surface area contributed by atoms with Crippen molar-refractivity contribution < 1.29 is 14.3 Å². The molecule has 7 heteroatoms. The van der Waals surface area contributed by atoms with Gasteiger partial charge in [0, 0.05) is 18.0 Å². The quantitative estimate of drug-likeness (QED) is 0.546. The fourth-order valence-corrected chi connectivity index (χ4v) is 4.06. The van der Waals surface area contributed by atoms with E-state index in [1.807, 2.05) is 48.5 Å². The number of methoxy groups -OCH3 is 1. The molecule has 1 atom stereocenters. The monoisotopic (exact) mass is 413 g/mol. The molecule has 0 bridgehead atoms. The van der Waals surface area contributed by atoms with Gasteiger partial charge in [0.2, 0.25) is 0 Å². The Morgan fingerprint density at radius 3 is 2.76 bits per heavy atom. The van der Waals surface area contributed by atoms with E-state index in [2.05, 4.69) is 10.00 Å². The summed E-state index contributed by atoms with van der Waals surface area (Å²) >= 11 is 6.49. The Labute approximate surface area is 175 Å². The Bertz CT molecular complexity index is 987. The average Bonchev–Trinajstić information content (AvgIpc) is 3.35. The fraction of sp³-hybridized carbons (Fsp3) is 0.364.